The van der Waals surface area contributed by atoms with Gasteiger partial charge in [0.15, 0.2) is 0 Å². The predicted octanol–water partition coefficient (Wildman–Crippen LogP) is 2.82. The van der Waals surface area contributed by atoms with Gasteiger partial charge >= 0.3 is 0 Å². The van der Waals surface area contributed by atoms with Gasteiger partial charge in [0.2, 0.25) is 5.91 Å². The Kier molecular flexibility index (Phi) is 6.44. The Morgan fingerprint density at radius 2 is 1.74 bits per heavy atom. The van der Waals surface area contributed by atoms with Crippen LogP contribution in [0.15, 0.2) is 48.5 Å². The summed E-state index contributed by atoms with van der Waals surface area (Å²) >= 11 is 0. The minimum atomic E-state index is -0.0253. The molecule has 0 aromatic heterocycles. The molecule has 0 unspecified atom stereocenters. The molecule has 23 heavy (non-hydrogen) atoms. The molecule has 0 bridgehead atoms. The highest BCUT2D eigenvalue weighted by Gasteiger charge is 2.04. The smallest absolute Gasteiger partial charge is 0.225 e. The van der Waals surface area contributed by atoms with Crippen molar-refractivity contribution in [2.75, 3.05) is 26.1 Å². The zero-order chi connectivity index (χ0) is 16.5. The zero-order valence-electron chi connectivity index (χ0n) is 13.5. The maximum Gasteiger partial charge on any atom is 0.225 e. The first-order chi connectivity index (χ1) is 11.2. The van der Waals surface area contributed by atoms with E-state index in [1.165, 1.54) is 0 Å². The fraction of sp³-hybridized carbons (Fsp3) is 0.278. The van der Waals surface area contributed by atoms with Crippen LogP contribution in [0, 0.1) is 0 Å². The number of para-hydroxylation sites is 1. The molecular formula is C18H22N2O3. The van der Waals surface area contributed by atoms with Crippen LogP contribution in [0.1, 0.15) is 12.0 Å². The maximum atomic E-state index is 11.9. The lowest BCUT2D eigenvalue weighted by Gasteiger charge is -2.10. The summed E-state index contributed by atoms with van der Waals surface area (Å²) in [6, 6.07) is 15.1. The molecule has 0 radical (unpaired) electrons. The first kappa shape index (κ1) is 16.8. The van der Waals surface area contributed by atoms with Crippen molar-refractivity contribution in [1.29, 1.82) is 0 Å². The van der Waals surface area contributed by atoms with Crippen LogP contribution >= 0.6 is 0 Å². The molecule has 2 aromatic rings. The second-order valence-electron chi connectivity index (χ2n) is 5.02. The molecule has 5 nitrogen and oxygen atoms in total. The summed E-state index contributed by atoms with van der Waals surface area (Å²) in [6.45, 7) is 1.26. The highest BCUT2D eigenvalue weighted by atomic mass is 16.5. The molecule has 1 amide bonds. The van der Waals surface area contributed by atoms with Crippen molar-refractivity contribution in [1.82, 2.24) is 5.32 Å². The number of carbonyl (C=O) groups excluding carboxylic acids is 1. The van der Waals surface area contributed by atoms with Crippen molar-refractivity contribution in [2.45, 2.75) is 13.0 Å². The average Bonchev–Trinajstić information content (AvgIpc) is 2.59. The van der Waals surface area contributed by atoms with Crippen LogP contribution in [0.5, 0.6) is 11.5 Å². The monoisotopic (exact) mass is 314 g/mol. The molecule has 122 valence electrons. The lowest BCUT2D eigenvalue weighted by atomic mass is 10.2. The summed E-state index contributed by atoms with van der Waals surface area (Å²) in [7, 11) is 3.27. The van der Waals surface area contributed by atoms with Crippen LogP contribution in [0.3, 0.4) is 0 Å². The molecule has 0 heterocycles. The van der Waals surface area contributed by atoms with Gasteiger partial charge < -0.3 is 20.1 Å². The quantitative estimate of drug-likeness (QED) is 0.736. The molecule has 0 aliphatic rings. The first-order valence-electron chi connectivity index (χ1n) is 7.49. The predicted molar refractivity (Wildman–Crippen MR) is 90.9 cm³/mol. The van der Waals surface area contributed by atoms with Gasteiger partial charge in [0.1, 0.15) is 11.5 Å². The van der Waals surface area contributed by atoms with Crippen LogP contribution in [-0.4, -0.2) is 26.7 Å². The lowest BCUT2D eigenvalue weighted by Crippen LogP contribution is -2.21. The maximum absolute atomic E-state index is 11.9. The van der Waals surface area contributed by atoms with Gasteiger partial charge in [-0.1, -0.05) is 18.2 Å². The third-order valence-corrected chi connectivity index (χ3v) is 3.41. The second kappa shape index (κ2) is 8.80. The molecule has 2 aromatic carbocycles. The van der Waals surface area contributed by atoms with Gasteiger partial charge in [-0.15, -0.1) is 0 Å². The van der Waals surface area contributed by atoms with Crippen molar-refractivity contribution in [3.63, 3.8) is 0 Å². The zero-order valence-corrected chi connectivity index (χ0v) is 13.5. The molecule has 0 aliphatic carbocycles. The van der Waals surface area contributed by atoms with E-state index < -0.39 is 0 Å². The molecule has 0 saturated carbocycles. The summed E-state index contributed by atoms with van der Waals surface area (Å²) in [6.07, 6.45) is 0.404. The van der Waals surface area contributed by atoms with E-state index in [0.29, 0.717) is 19.5 Å². The third-order valence-electron chi connectivity index (χ3n) is 3.41. The third kappa shape index (κ3) is 5.30. The fourth-order valence-corrected chi connectivity index (χ4v) is 2.17. The van der Waals surface area contributed by atoms with Crippen LogP contribution in [0.25, 0.3) is 0 Å². The van der Waals surface area contributed by atoms with Gasteiger partial charge in [-0.05, 0) is 30.3 Å². The standard InChI is InChI=1S/C18H22N2O3/c1-22-16-9-7-15(8-10-16)20-18(21)11-12-19-13-14-5-3-4-6-17(14)23-2/h3-10,19H,11-13H2,1-2H3,(H,20,21). The number of anilines is 1. The Morgan fingerprint density at radius 1 is 1.00 bits per heavy atom. The number of amides is 1. The normalized spacial score (nSPS) is 10.2. The molecule has 0 aliphatic heterocycles. The minimum absolute atomic E-state index is 0.0253. The van der Waals surface area contributed by atoms with E-state index in [1.807, 2.05) is 48.5 Å². The van der Waals surface area contributed by atoms with Crippen molar-refractivity contribution in [2.24, 2.45) is 0 Å². The molecule has 5 heteroatoms. The number of ether oxygens (including phenoxy) is 2. The number of nitrogens with one attached hydrogen (secondary N) is 2. The Balaban J connectivity index is 1.72. The number of hydrogen-bond acceptors (Lipinski definition) is 4. The van der Waals surface area contributed by atoms with E-state index in [0.717, 1.165) is 22.7 Å². The van der Waals surface area contributed by atoms with E-state index in [4.69, 9.17) is 9.47 Å². The minimum Gasteiger partial charge on any atom is -0.497 e. The van der Waals surface area contributed by atoms with Crippen molar-refractivity contribution >= 4 is 11.6 Å². The van der Waals surface area contributed by atoms with Crippen molar-refractivity contribution in [3.8, 4) is 11.5 Å². The summed E-state index contributed by atoms with van der Waals surface area (Å²) in [4.78, 5) is 11.9. The van der Waals surface area contributed by atoms with E-state index >= 15 is 0 Å². The van der Waals surface area contributed by atoms with Crippen molar-refractivity contribution in [3.05, 3.63) is 54.1 Å². The number of methoxy groups -OCH3 is 2. The van der Waals surface area contributed by atoms with Crippen molar-refractivity contribution < 1.29 is 14.3 Å². The van der Waals surface area contributed by atoms with Crippen LogP contribution in [0.2, 0.25) is 0 Å². The number of carbonyl (C=O) groups is 1. The lowest BCUT2D eigenvalue weighted by molar-refractivity contribution is -0.116. The fourth-order valence-electron chi connectivity index (χ4n) is 2.17. The highest BCUT2D eigenvalue weighted by Crippen LogP contribution is 2.17. The molecule has 2 N–H and O–H groups in total. The largest absolute Gasteiger partial charge is 0.497 e. The summed E-state index contributed by atoms with van der Waals surface area (Å²) in [5.41, 5.74) is 1.84. The van der Waals surface area contributed by atoms with Gasteiger partial charge in [-0.3, -0.25) is 4.79 Å². The Bertz CT molecular complexity index is 626. The van der Waals surface area contributed by atoms with Gasteiger partial charge in [-0.25, -0.2) is 0 Å². The number of hydrogen-bond donors (Lipinski definition) is 2. The van der Waals surface area contributed by atoms with E-state index in [2.05, 4.69) is 10.6 Å². The molecule has 2 rings (SSSR count). The van der Waals surface area contributed by atoms with E-state index in [1.54, 1.807) is 14.2 Å². The van der Waals surface area contributed by atoms with Gasteiger partial charge in [0, 0.05) is 30.8 Å². The number of benzene rings is 2. The molecule has 0 atom stereocenters. The molecule has 0 fully saturated rings. The Labute approximate surface area is 136 Å². The Morgan fingerprint density at radius 3 is 2.43 bits per heavy atom. The highest BCUT2D eigenvalue weighted by molar-refractivity contribution is 5.90. The van der Waals surface area contributed by atoms with Crippen LogP contribution in [-0.2, 0) is 11.3 Å². The van der Waals surface area contributed by atoms with Gasteiger partial charge in [0.25, 0.3) is 0 Å². The SMILES string of the molecule is COc1ccc(NC(=O)CCNCc2ccccc2OC)cc1. The molecule has 0 spiro atoms. The van der Waals surface area contributed by atoms with E-state index in [-0.39, 0.29) is 5.91 Å². The van der Waals surface area contributed by atoms with Crippen LogP contribution in [0.4, 0.5) is 5.69 Å². The summed E-state index contributed by atoms with van der Waals surface area (Å²) in [5.74, 6) is 1.59. The summed E-state index contributed by atoms with van der Waals surface area (Å²) < 4.78 is 10.4. The van der Waals surface area contributed by atoms with Gasteiger partial charge in [0.05, 0.1) is 14.2 Å². The Hall–Kier alpha value is -2.53. The summed E-state index contributed by atoms with van der Waals surface area (Å²) in [5, 5.41) is 6.11. The van der Waals surface area contributed by atoms with E-state index in [9.17, 15) is 4.79 Å². The second-order valence-corrected chi connectivity index (χ2v) is 5.02. The van der Waals surface area contributed by atoms with Gasteiger partial charge in [-0.2, -0.15) is 0 Å². The van der Waals surface area contributed by atoms with Crippen LogP contribution < -0.4 is 20.1 Å². The molecular weight excluding hydrogens is 292 g/mol. The topological polar surface area (TPSA) is 59.6 Å². The average molecular weight is 314 g/mol. The first-order valence-corrected chi connectivity index (χ1v) is 7.49. The number of rotatable bonds is 8. The molecule has 0 saturated heterocycles.